The maximum Gasteiger partial charge on any atom is 0.306 e. The predicted octanol–water partition coefficient (Wildman–Crippen LogP) is 5.66. The van der Waals surface area contributed by atoms with Crippen molar-refractivity contribution in [2.45, 2.75) is 105 Å². The number of aliphatic hydroxyl groups is 1. The number of carbonyl (C=O) groups is 1. The van der Waals surface area contributed by atoms with Gasteiger partial charge in [0.05, 0.1) is 6.10 Å². The van der Waals surface area contributed by atoms with Gasteiger partial charge in [-0.3, -0.25) is 4.79 Å². The summed E-state index contributed by atoms with van der Waals surface area (Å²) < 4.78 is 5.80. The third-order valence-corrected chi connectivity index (χ3v) is 11.2. The highest BCUT2D eigenvalue weighted by Gasteiger charge is 2.66. The highest BCUT2D eigenvalue weighted by molar-refractivity contribution is 5.71. The van der Waals surface area contributed by atoms with Crippen LogP contribution in [0, 0.1) is 39.4 Å². The molecule has 1 heterocycles. The lowest BCUT2D eigenvalue weighted by molar-refractivity contribution is -0.148. The molecule has 4 aliphatic carbocycles. The molecule has 3 nitrogen and oxygen atoms in total. The normalized spacial score (nSPS) is 53.5. The van der Waals surface area contributed by atoms with E-state index in [4.69, 9.17) is 4.74 Å². The lowest BCUT2D eigenvalue weighted by Gasteiger charge is -2.64. The van der Waals surface area contributed by atoms with Gasteiger partial charge in [-0.15, -0.1) is 0 Å². The quantitative estimate of drug-likeness (QED) is 0.456. The summed E-state index contributed by atoms with van der Waals surface area (Å²) in [5.74, 6) is 1.73. The number of cyclic esters (lactones) is 1. The first-order valence-electron chi connectivity index (χ1n) is 12.1. The Morgan fingerprint density at radius 2 is 1.76 bits per heavy atom. The van der Waals surface area contributed by atoms with Crippen molar-refractivity contribution in [2.24, 2.45) is 39.4 Å². The zero-order valence-electron chi connectivity index (χ0n) is 19.1. The molecular formula is C26H40O3. The molecule has 8 unspecified atom stereocenters. The van der Waals surface area contributed by atoms with E-state index in [1.165, 1.54) is 25.7 Å². The van der Waals surface area contributed by atoms with Gasteiger partial charge < -0.3 is 9.84 Å². The van der Waals surface area contributed by atoms with Crippen molar-refractivity contribution in [3.8, 4) is 0 Å². The van der Waals surface area contributed by atoms with Crippen LogP contribution >= 0.6 is 0 Å². The van der Waals surface area contributed by atoms with Gasteiger partial charge in [0.15, 0.2) is 0 Å². The fraction of sp³-hybridized carbons (Fsp3) is 0.885. The minimum absolute atomic E-state index is 0.00700. The Morgan fingerprint density at radius 1 is 1.00 bits per heavy atom. The summed E-state index contributed by atoms with van der Waals surface area (Å²) in [6, 6.07) is 0. The van der Waals surface area contributed by atoms with Crippen LogP contribution in [0.1, 0.15) is 92.4 Å². The van der Waals surface area contributed by atoms with Gasteiger partial charge in [-0.1, -0.05) is 46.3 Å². The van der Waals surface area contributed by atoms with E-state index in [0.29, 0.717) is 29.6 Å². The largest absolute Gasteiger partial charge is 0.462 e. The van der Waals surface area contributed by atoms with Crippen LogP contribution in [0.3, 0.4) is 0 Å². The average Bonchev–Trinajstić information content (AvgIpc) is 3.19. The molecule has 0 aromatic rings. The lowest BCUT2D eigenvalue weighted by atomic mass is 9.41. The van der Waals surface area contributed by atoms with Gasteiger partial charge in [0, 0.05) is 12.3 Å². The number of esters is 1. The number of rotatable bonds is 1. The monoisotopic (exact) mass is 400 g/mol. The van der Waals surface area contributed by atoms with Crippen LogP contribution in [-0.4, -0.2) is 23.3 Å². The molecule has 1 saturated heterocycles. The Bertz CT molecular complexity index is 753. The van der Waals surface area contributed by atoms with Crippen LogP contribution in [-0.2, 0) is 9.53 Å². The lowest BCUT2D eigenvalue weighted by Crippen LogP contribution is -2.58. The summed E-state index contributed by atoms with van der Waals surface area (Å²) in [4.78, 5) is 11.8. The third kappa shape index (κ3) is 2.43. The van der Waals surface area contributed by atoms with Crippen LogP contribution in [0.15, 0.2) is 11.6 Å². The molecule has 5 rings (SSSR count). The van der Waals surface area contributed by atoms with Gasteiger partial charge in [-0.2, -0.15) is 0 Å². The Morgan fingerprint density at radius 3 is 2.45 bits per heavy atom. The minimum atomic E-state index is -0.173. The van der Waals surface area contributed by atoms with Crippen LogP contribution in [0.4, 0.5) is 0 Å². The summed E-state index contributed by atoms with van der Waals surface area (Å²) in [6.45, 7) is 12.2. The first kappa shape index (κ1) is 20.1. The molecule has 0 spiro atoms. The number of hydrogen-bond donors (Lipinski definition) is 1. The van der Waals surface area contributed by atoms with Crippen LogP contribution in [0.25, 0.3) is 0 Å². The summed E-state index contributed by atoms with van der Waals surface area (Å²) >= 11 is 0. The van der Waals surface area contributed by atoms with Gasteiger partial charge in [-0.05, 0) is 84.9 Å². The molecule has 162 valence electrons. The smallest absolute Gasteiger partial charge is 0.306 e. The number of carbonyl (C=O) groups excluding carboxylic acids is 1. The molecule has 0 aromatic heterocycles. The van der Waals surface area contributed by atoms with Crippen molar-refractivity contribution in [2.75, 3.05) is 0 Å². The number of fused-ring (bicyclic) bond motifs is 5. The molecular weight excluding hydrogens is 360 g/mol. The first-order valence-corrected chi connectivity index (χ1v) is 12.1. The SMILES string of the molecule is CC1(C)C(O)CCC2(C)C3CCC4(C)C(C5CCC(=O)O5)CCC4(C)C3=CCC12. The van der Waals surface area contributed by atoms with Crippen LogP contribution in [0.2, 0.25) is 0 Å². The molecule has 3 heteroatoms. The second kappa shape index (κ2) is 6.11. The Balaban J connectivity index is 1.51. The molecule has 0 bridgehead atoms. The van der Waals surface area contributed by atoms with Gasteiger partial charge in [0.1, 0.15) is 6.10 Å². The Labute approximate surface area is 176 Å². The zero-order valence-corrected chi connectivity index (χ0v) is 19.1. The summed E-state index contributed by atoms with van der Waals surface area (Å²) in [6.07, 6.45) is 12.2. The maximum absolute atomic E-state index is 11.8. The molecule has 1 aliphatic heterocycles. The van der Waals surface area contributed by atoms with Crippen molar-refractivity contribution in [3.63, 3.8) is 0 Å². The summed E-state index contributed by atoms with van der Waals surface area (Å²) in [5, 5.41) is 10.7. The van der Waals surface area contributed by atoms with Gasteiger partial charge in [0.2, 0.25) is 0 Å². The van der Waals surface area contributed by atoms with E-state index in [9.17, 15) is 9.90 Å². The van der Waals surface area contributed by atoms with E-state index in [2.05, 4.69) is 40.7 Å². The third-order valence-electron chi connectivity index (χ3n) is 11.2. The van der Waals surface area contributed by atoms with E-state index in [1.54, 1.807) is 5.57 Å². The second-order valence-corrected chi connectivity index (χ2v) is 12.4. The number of hydrogen-bond acceptors (Lipinski definition) is 3. The van der Waals surface area contributed by atoms with Crippen molar-refractivity contribution in [1.29, 1.82) is 0 Å². The Hall–Kier alpha value is -0.830. The average molecular weight is 401 g/mol. The molecule has 1 N–H and O–H groups in total. The first-order chi connectivity index (χ1) is 13.5. The minimum Gasteiger partial charge on any atom is -0.462 e. The van der Waals surface area contributed by atoms with Crippen molar-refractivity contribution < 1.29 is 14.6 Å². The Kier molecular flexibility index (Phi) is 4.24. The maximum atomic E-state index is 11.8. The number of allylic oxidation sites excluding steroid dienone is 2. The topological polar surface area (TPSA) is 46.5 Å². The van der Waals surface area contributed by atoms with Crippen molar-refractivity contribution in [1.82, 2.24) is 0 Å². The molecule has 0 amide bonds. The summed E-state index contributed by atoms with van der Waals surface area (Å²) in [5.41, 5.74) is 2.48. The highest BCUT2D eigenvalue weighted by atomic mass is 16.5. The van der Waals surface area contributed by atoms with Gasteiger partial charge in [0.25, 0.3) is 0 Å². The van der Waals surface area contributed by atoms with E-state index < -0.39 is 0 Å². The van der Waals surface area contributed by atoms with Crippen LogP contribution in [0.5, 0.6) is 0 Å². The second-order valence-electron chi connectivity index (χ2n) is 12.4. The highest BCUT2D eigenvalue weighted by Crippen LogP contribution is 2.73. The molecule has 0 aromatic carbocycles. The van der Waals surface area contributed by atoms with E-state index in [1.807, 2.05) is 0 Å². The number of ether oxygens (including phenoxy) is 1. The zero-order chi connectivity index (χ0) is 20.8. The summed E-state index contributed by atoms with van der Waals surface area (Å²) in [7, 11) is 0. The van der Waals surface area contributed by atoms with E-state index >= 15 is 0 Å². The van der Waals surface area contributed by atoms with Crippen molar-refractivity contribution >= 4 is 5.97 Å². The standard InChI is InChI=1S/C26H40O3/c1-23(2)20-8-6-17-16(24(20,3)13-12-21(23)27)10-14-26(5)18(11-15-25(17,26)4)19-7-9-22(28)29-19/h6,16,18-21,27H,7-15H2,1-5H3. The van der Waals surface area contributed by atoms with Gasteiger partial charge >= 0.3 is 5.97 Å². The fourth-order valence-corrected chi connectivity index (χ4v) is 9.17. The van der Waals surface area contributed by atoms with Crippen LogP contribution < -0.4 is 0 Å². The molecule has 29 heavy (non-hydrogen) atoms. The molecule has 4 fully saturated rings. The molecule has 3 saturated carbocycles. The van der Waals surface area contributed by atoms with E-state index in [-0.39, 0.29) is 34.4 Å². The molecule has 8 atom stereocenters. The molecule has 0 radical (unpaired) electrons. The fourth-order valence-electron chi connectivity index (χ4n) is 9.17. The van der Waals surface area contributed by atoms with E-state index in [0.717, 1.165) is 25.7 Å². The predicted molar refractivity (Wildman–Crippen MR) is 114 cm³/mol. The number of aliphatic hydroxyl groups excluding tert-OH is 1. The van der Waals surface area contributed by atoms with Crippen molar-refractivity contribution in [3.05, 3.63) is 11.6 Å². The molecule has 5 aliphatic rings. The van der Waals surface area contributed by atoms with Gasteiger partial charge in [-0.25, -0.2) is 0 Å².